The second-order valence-electron chi connectivity index (χ2n) is 3.75. The lowest BCUT2D eigenvalue weighted by Crippen LogP contribution is -2.32. The second kappa shape index (κ2) is 5.01. The Kier molecular flexibility index (Phi) is 3.87. The number of ether oxygens (including phenoxy) is 1. The first kappa shape index (κ1) is 13.9. The number of carbonyl (C=O) groups excluding carboxylic acids is 1. The normalized spacial score (nSPS) is 13.7. The summed E-state index contributed by atoms with van der Waals surface area (Å²) in [5, 5.41) is 18.7. The molecule has 0 aliphatic heterocycles. The van der Waals surface area contributed by atoms with Crippen LogP contribution in [0.1, 0.15) is 29.9 Å². The van der Waals surface area contributed by atoms with Gasteiger partial charge in [0.05, 0.1) is 6.61 Å². The van der Waals surface area contributed by atoms with Crippen molar-refractivity contribution in [2.24, 2.45) is 5.73 Å². The maximum atomic E-state index is 11.1. The Morgan fingerprint density at radius 1 is 1.56 bits per heavy atom. The summed E-state index contributed by atoms with van der Waals surface area (Å²) in [5.74, 6) is -2.18. The maximum Gasteiger partial charge on any atom is 0.340 e. The highest BCUT2D eigenvalue weighted by Crippen LogP contribution is 2.26. The van der Waals surface area contributed by atoms with Gasteiger partial charge < -0.3 is 20.7 Å². The van der Waals surface area contributed by atoms with E-state index in [0.29, 0.717) is 0 Å². The molecule has 18 heavy (non-hydrogen) atoms. The van der Waals surface area contributed by atoms with Gasteiger partial charge in [-0.05, 0) is 19.9 Å². The monoisotopic (exact) mass is 254 g/mol. The number of carboxylic acids is 1. The SMILES string of the molecule is CCOc1cc(C(C)(O)C(=O)O)cnc1C(N)=O. The summed E-state index contributed by atoms with van der Waals surface area (Å²) in [4.78, 5) is 25.7. The molecule has 7 nitrogen and oxygen atoms in total. The van der Waals surface area contributed by atoms with Gasteiger partial charge in [0.25, 0.3) is 5.91 Å². The molecule has 1 amide bonds. The molecule has 1 heterocycles. The van der Waals surface area contributed by atoms with Crippen molar-refractivity contribution in [3.63, 3.8) is 0 Å². The number of nitrogens with two attached hydrogens (primary N) is 1. The van der Waals surface area contributed by atoms with Gasteiger partial charge in [-0.3, -0.25) is 4.79 Å². The number of rotatable bonds is 5. The van der Waals surface area contributed by atoms with Crippen LogP contribution in [0.25, 0.3) is 0 Å². The number of pyridine rings is 1. The van der Waals surface area contributed by atoms with E-state index in [0.717, 1.165) is 13.1 Å². The average molecular weight is 254 g/mol. The van der Waals surface area contributed by atoms with Crippen molar-refractivity contribution in [2.45, 2.75) is 19.4 Å². The Hall–Kier alpha value is -2.15. The molecule has 0 spiro atoms. The fraction of sp³-hybridized carbons (Fsp3) is 0.364. The molecular weight excluding hydrogens is 240 g/mol. The van der Waals surface area contributed by atoms with E-state index in [1.165, 1.54) is 6.07 Å². The molecule has 0 saturated carbocycles. The van der Waals surface area contributed by atoms with E-state index in [1.54, 1.807) is 6.92 Å². The molecule has 1 aromatic rings. The Morgan fingerprint density at radius 2 is 2.17 bits per heavy atom. The highest BCUT2D eigenvalue weighted by atomic mass is 16.5. The van der Waals surface area contributed by atoms with Gasteiger partial charge in [0.1, 0.15) is 0 Å². The standard InChI is InChI=1S/C11H14N2O5/c1-3-18-7-4-6(11(2,17)10(15)16)5-13-8(7)9(12)14/h4-5,17H,3H2,1-2H3,(H2,12,14)(H,15,16). The molecule has 98 valence electrons. The molecule has 0 bridgehead atoms. The fourth-order valence-corrected chi connectivity index (χ4v) is 1.28. The molecule has 0 saturated heterocycles. The minimum Gasteiger partial charge on any atom is -0.491 e. The molecular formula is C11H14N2O5. The summed E-state index contributed by atoms with van der Waals surface area (Å²) < 4.78 is 5.15. The van der Waals surface area contributed by atoms with Crippen molar-refractivity contribution in [1.29, 1.82) is 0 Å². The van der Waals surface area contributed by atoms with Gasteiger partial charge in [0.2, 0.25) is 0 Å². The summed E-state index contributed by atoms with van der Waals surface area (Å²) in [6.45, 7) is 3.04. The molecule has 0 aromatic carbocycles. The van der Waals surface area contributed by atoms with Gasteiger partial charge in [-0.1, -0.05) is 0 Å². The van der Waals surface area contributed by atoms with Gasteiger partial charge in [0.15, 0.2) is 17.0 Å². The molecule has 1 aromatic heterocycles. The van der Waals surface area contributed by atoms with E-state index >= 15 is 0 Å². The second-order valence-corrected chi connectivity index (χ2v) is 3.75. The molecule has 1 rings (SSSR count). The lowest BCUT2D eigenvalue weighted by molar-refractivity contribution is -0.157. The van der Waals surface area contributed by atoms with Gasteiger partial charge in [-0.2, -0.15) is 0 Å². The number of primary amides is 1. The van der Waals surface area contributed by atoms with Gasteiger partial charge in [0, 0.05) is 11.8 Å². The zero-order chi connectivity index (χ0) is 13.9. The summed E-state index contributed by atoms with van der Waals surface area (Å²) in [7, 11) is 0. The minimum absolute atomic E-state index is 0.00319. The summed E-state index contributed by atoms with van der Waals surface area (Å²) in [6.07, 6.45) is 1.08. The van der Waals surface area contributed by atoms with Crippen LogP contribution in [-0.2, 0) is 10.4 Å². The summed E-state index contributed by atoms with van der Waals surface area (Å²) >= 11 is 0. The zero-order valence-corrected chi connectivity index (χ0v) is 10.0. The largest absolute Gasteiger partial charge is 0.491 e. The number of aliphatic carboxylic acids is 1. The Bertz CT molecular complexity index is 484. The lowest BCUT2D eigenvalue weighted by Gasteiger charge is -2.19. The van der Waals surface area contributed by atoms with Crippen LogP contribution in [0.2, 0.25) is 0 Å². The van der Waals surface area contributed by atoms with E-state index < -0.39 is 17.5 Å². The molecule has 7 heteroatoms. The molecule has 0 aliphatic rings. The van der Waals surface area contributed by atoms with Crippen LogP contribution in [0.3, 0.4) is 0 Å². The Balaban J connectivity index is 3.31. The van der Waals surface area contributed by atoms with Crippen molar-refractivity contribution in [1.82, 2.24) is 4.98 Å². The lowest BCUT2D eigenvalue weighted by atomic mass is 9.97. The van der Waals surface area contributed by atoms with Crippen LogP contribution in [0.5, 0.6) is 5.75 Å². The number of carbonyl (C=O) groups is 2. The van der Waals surface area contributed by atoms with Crippen molar-refractivity contribution >= 4 is 11.9 Å². The van der Waals surface area contributed by atoms with Gasteiger partial charge >= 0.3 is 5.97 Å². The van der Waals surface area contributed by atoms with Crippen LogP contribution in [0.15, 0.2) is 12.3 Å². The van der Waals surface area contributed by atoms with Crippen LogP contribution in [-0.4, -0.2) is 33.7 Å². The number of amides is 1. The third-order valence-electron chi connectivity index (χ3n) is 2.36. The number of aliphatic hydroxyl groups is 1. The maximum absolute atomic E-state index is 11.1. The summed E-state index contributed by atoms with van der Waals surface area (Å²) in [6, 6.07) is 1.24. The molecule has 4 N–H and O–H groups in total. The minimum atomic E-state index is -2.12. The van der Waals surface area contributed by atoms with Crippen molar-refractivity contribution in [3.8, 4) is 5.75 Å². The van der Waals surface area contributed by atoms with Gasteiger partial charge in [-0.25, -0.2) is 9.78 Å². The Morgan fingerprint density at radius 3 is 2.61 bits per heavy atom. The quantitative estimate of drug-likeness (QED) is 0.672. The molecule has 0 fully saturated rings. The first-order valence-corrected chi connectivity index (χ1v) is 5.19. The molecule has 1 atom stereocenters. The third kappa shape index (κ3) is 2.57. The van der Waals surface area contributed by atoms with Crippen LogP contribution >= 0.6 is 0 Å². The predicted molar refractivity (Wildman–Crippen MR) is 61.1 cm³/mol. The van der Waals surface area contributed by atoms with Gasteiger partial charge in [-0.15, -0.1) is 0 Å². The first-order valence-electron chi connectivity index (χ1n) is 5.19. The highest BCUT2D eigenvalue weighted by molar-refractivity contribution is 5.93. The highest BCUT2D eigenvalue weighted by Gasteiger charge is 2.33. The molecule has 0 aliphatic carbocycles. The van der Waals surface area contributed by atoms with Crippen molar-refractivity contribution in [3.05, 3.63) is 23.5 Å². The van der Waals surface area contributed by atoms with Crippen molar-refractivity contribution < 1.29 is 24.5 Å². The number of nitrogens with zero attached hydrogens (tertiary/aromatic N) is 1. The van der Waals surface area contributed by atoms with Crippen LogP contribution < -0.4 is 10.5 Å². The number of hydrogen-bond acceptors (Lipinski definition) is 5. The zero-order valence-electron chi connectivity index (χ0n) is 10.0. The number of carboxylic acid groups (broad SMARTS) is 1. The van der Waals surface area contributed by atoms with E-state index in [-0.39, 0.29) is 23.6 Å². The van der Waals surface area contributed by atoms with Crippen molar-refractivity contribution in [2.75, 3.05) is 6.61 Å². The predicted octanol–water partition coefficient (Wildman–Crippen LogP) is -0.129. The fourth-order valence-electron chi connectivity index (χ4n) is 1.28. The van der Waals surface area contributed by atoms with E-state index in [4.69, 9.17) is 15.6 Å². The first-order chi connectivity index (χ1) is 8.30. The van der Waals surface area contributed by atoms with Crippen LogP contribution in [0.4, 0.5) is 0 Å². The Labute approximate surface area is 103 Å². The smallest absolute Gasteiger partial charge is 0.340 e. The van der Waals surface area contributed by atoms with E-state index in [9.17, 15) is 14.7 Å². The third-order valence-corrected chi connectivity index (χ3v) is 2.36. The van der Waals surface area contributed by atoms with E-state index in [2.05, 4.69) is 4.98 Å². The number of aromatic nitrogens is 1. The average Bonchev–Trinajstić information content (AvgIpc) is 2.28. The number of hydrogen-bond donors (Lipinski definition) is 3. The topological polar surface area (TPSA) is 123 Å². The molecule has 0 radical (unpaired) electrons. The van der Waals surface area contributed by atoms with Crippen LogP contribution in [0, 0.1) is 0 Å². The summed E-state index contributed by atoms with van der Waals surface area (Å²) in [5.41, 5.74) is 2.88. The molecule has 1 unspecified atom stereocenters. The van der Waals surface area contributed by atoms with E-state index in [1.807, 2.05) is 0 Å².